The van der Waals surface area contributed by atoms with Crippen molar-refractivity contribution in [2.75, 3.05) is 6.61 Å². The van der Waals surface area contributed by atoms with Crippen LogP contribution in [0.2, 0.25) is 0 Å². The van der Waals surface area contributed by atoms with Crippen LogP contribution >= 0.6 is 0 Å². The quantitative estimate of drug-likeness (QED) is 0.155. The van der Waals surface area contributed by atoms with Gasteiger partial charge in [0.25, 0.3) is 0 Å². The van der Waals surface area contributed by atoms with E-state index in [1.54, 1.807) is 0 Å². The van der Waals surface area contributed by atoms with Crippen LogP contribution in [0.25, 0.3) is 0 Å². The van der Waals surface area contributed by atoms with E-state index in [-0.39, 0.29) is 70.4 Å². The van der Waals surface area contributed by atoms with Gasteiger partial charge in [0.2, 0.25) is 10.4 Å². The Kier molecular flexibility index (Phi) is 31.0. The van der Waals surface area contributed by atoms with Crippen molar-refractivity contribution in [3.05, 3.63) is 0 Å². The zero-order chi connectivity index (χ0) is 13.0. The molecule has 0 saturated carbocycles. The first-order chi connectivity index (χ1) is 8.06. The van der Waals surface area contributed by atoms with Crippen molar-refractivity contribution in [1.29, 1.82) is 0 Å². The molecule has 0 aromatic carbocycles. The van der Waals surface area contributed by atoms with Gasteiger partial charge in [-0.1, -0.05) is 64.7 Å². The zero-order valence-corrected chi connectivity index (χ0v) is 18.0. The topological polar surface area (TPSA) is 66.4 Å². The average Bonchev–Trinajstić information content (AvgIpc) is 2.24. The Morgan fingerprint density at radius 3 is 1.50 bits per heavy atom. The first-order valence-electron chi connectivity index (χ1n) is 6.66. The number of halogens is 1. The van der Waals surface area contributed by atoms with Crippen molar-refractivity contribution < 1.29 is 81.0 Å². The third-order valence-corrected chi connectivity index (χ3v) is 3.18. The second-order valence-corrected chi connectivity index (χ2v) is 5.46. The normalized spacial score (nSPS) is 10.1. The molecule has 0 aromatic rings. The summed E-state index contributed by atoms with van der Waals surface area (Å²) in [5.41, 5.74) is 0. The molecule has 0 rings (SSSR count). The molecule has 20 heavy (non-hydrogen) atoms. The zero-order valence-electron chi connectivity index (χ0n) is 13.2. The second-order valence-electron chi connectivity index (χ2n) is 4.41. The summed E-state index contributed by atoms with van der Waals surface area (Å²) in [6.07, 6.45) is 11.7. The van der Waals surface area contributed by atoms with Gasteiger partial charge < -0.3 is 9.26 Å². The van der Waals surface area contributed by atoms with Gasteiger partial charge in [0.1, 0.15) is 0 Å². The van der Waals surface area contributed by atoms with Gasteiger partial charge in [0, 0.05) is 0 Å². The Labute approximate surface area is 167 Å². The minimum atomic E-state index is -4.48. The SMILES string of the molecule is CCCCCCCCCCCCOS(=O)(=O)[O-].[F-].[Na+].[Na+]. The molecule has 0 amide bonds. The van der Waals surface area contributed by atoms with Crippen molar-refractivity contribution in [2.45, 2.75) is 71.1 Å². The van der Waals surface area contributed by atoms with Crippen LogP contribution < -0.4 is 63.8 Å². The Hall–Kier alpha value is 1.80. The molecule has 0 heterocycles. The fourth-order valence-corrected chi connectivity index (χ4v) is 2.07. The maximum absolute atomic E-state index is 10.1. The van der Waals surface area contributed by atoms with E-state index < -0.39 is 10.4 Å². The molecule has 0 saturated heterocycles. The second kappa shape index (κ2) is 20.8. The molecule has 0 N–H and O–H groups in total. The minimum Gasteiger partial charge on any atom is -1.00 e. The van der Waals surface area contributed by atoms with Gasteiger partial charge in [-0.05, 0) is 6.42 Å². The Morgan fingerprint density at radius 1 is 0.800 bits per heavy atom. The Morgan fingerprint density at radius 2 is 1.15 bits per heavy atom. The maximum atomic E-state index is 10.1. The average molecular weight is 330 g/mol. The molecule has 0 aromatic heterocycles. The summed E-state index contributed by atoms with van der Waals surface area (Å²) in [6, 6.07) is 0. The molecule has 8 heteroatoms. The van der Waals surface area contributed by atoms with Gasteiger partial charge in [0.05, 0.1) is 6.61 Å². The van der Waals surface area contributed by atoms with Crippen molar-refractivity contribution in [2.24, 2.45) is 0 Å². The van der Waals surface area contributed by atoms with E-state index >= 15 is 0 Å². The molecule has 112 valence electrons. The van der Waals surface area contributed by atoms with Gasteiger partial charge in [-0.15, -0.1) is 0 Å². The van der Waals surface area contributed by atoms with Gasteiger partial charge >= 0.3 is 59.1 Å². The summed E-state index contributed by atoms with van der Waals surface area (Å²) in [5, 5.41) is 0. The third-order valence-electron chi connectivity index (χ3n) is 2.73. The first kappa shape index (κ1) is 29.8. The monoisotopic (exact) mass is 330 g/mol. The summed E-state index contributed by atoms with van der Waals surface area (Å²) >= 11 is 0. The van der Waals surface area contributed by atoms with Crippen molar-refractivity contribution >= 4 is 10.4 Å². The van der Waals surface area contributed by atoms with E-state index in [0.29, 0.717) is 6.42 Å². The van der Waals surface area contributed by atoms with Gasteiger partial charge in [-0.2, -0.15) is 0 Å². The predicted molar refractivity (Wildman–Crippen MR) is 67.5 cm³/mol. The predicted octanol–water partition coefficient (Wildman–Crippen LogP) is -5.60. The smallest absolute Gasteiger partial charge is 1.00 e. The van der Waals surface area contributed by atoms with Crippen LogP contribution in [0.5, 0.6) is 0 Å². The molecule has 0 aliphatic rings. The molecule has 0 bridgehead atoms. The van der Waals surface area contributed by atoms with E-state index in [0.717, 1.165) is 12.8 Å². The fraction of sp³-hybridized carbons (Fsp3) is 1.00. The summed E-state index contributed by atoms with van der Waals surface area (Å²) in [6.45, 7) is 2.24. The van der Waals surface area contributed by atoms with Gasteiger partial charge in [-0.25, -0.2) is 8.42 Å². The van der Waals surface area contributed by atoms with E-state index in [9.17, 15) is 13.0 Å². The summed E-state index contributed by atoms with van der Waals surface area (Å²) in [7, 11) is -4.48. The molecular formula is C12H25FNa2O4S. The number of hydrogen-bond donors (Lipinski definition) is 0. The van der Waals surface area contributed by atoms with E-state index in [1.807, 2.05) is 0 Å². The summed E-state index contributed by atoms with van der Waals surface area (Å²) in [4.78, 5) is 0. The largest absolute Gasteiger partial charge is 1.00 e. The van der Waals surface area contributed by atoms with E-state index in [2.05, 4.69) is 11.1 Å². The molecule has 4 nitrogen and oxygen atoms in total. The van der Waals surface area contributed by atoms with Crippen LogP contribution in [0.1, 0.15) is 71.1 Å². The molecule has 0 unspecified atom stereocenters. The molecule has 0 radical (unpaired) electrons. The molecule has 0 fully saturated rings. The number of unbranched alkanes of at least 4 members (excludes halogenated alkanes) is 9. The van der Waals surface area contributed by atoms with Crippen LogP contribution in [0.15, 0.2) is 0 Å². The minimum absolute atomic E-state index is 0. The van der Waals surface area contributed by atoms with Crippen LogP contribution in [0.3, 0.4) is 0 Å². The number of hydrogen-bond acceptors (Lipinski definition) is 4. The first-order valence-corrected chi connectivity index (χ1v) is 8.00. The standard InChI is InChI=1S/C12H26O4S.FH.2Na/c1-2-3-4-5-6-7-8-9-10-11-12-16-17(13,14)15;;;/h2-12H2,1H3,(H,13,14,15);1H;;/q;;2*+1/p-2. The van der Waals surface area contributed by atoms with E-state index in [1.165, 1.54) is 44.9 Å². The fourth-order valence-electron chi connectivity index (χ4n) is 1.75. The van der Waals surface area contributed by atoms with Crippen LogP contribution in [0.4, 0.5) is 0 Å². The number of rotatable bonds is 12. The van der Waals surface area contributed by atoms with Crippen LogP contribution in [-0.2, 0) is 14.6 Å². The molecule has 0 spiro atoms. The molecular weight excluding hydrogens is 305 g/mol. The molecule has 0 aliphatic heterocycles. The maximum Gasteiger partial charge on any atom is 1.00 e. The summed E-state index contributed by atoms with van der Waals surface area (Å²) in [5.74, 6) is 0. The van der Waals surface area contributed by atoms with Crippen LogP contribution in [0, 0.1) is 0 Å². The van der Waals surface area contributed by atoms with Gasteiger partial charge in [-0.3, -0.25) is 4.18 Å². The van der Waals surface area contributed by atoms with Crippen molar-refractivity contribution in [3.8, 4) is 0 Å². The van der Waals surface area contributed by atoms with Crippen LogP contribution in [-0.4, -0.2) is 19.6 Å². The summed E-state index contributed by atoms with van der Waals surface area (Å²) < 4.78 is 34.5. The van der Waals surface area contributed by atoms with Crippen molar-refractivity contribution in [3.63, 3.8) is 0 Å². The molecule has 0 atom stereocenters. The van der Waals surface area contributed by atoms with Gasteiger partial charge in [0.15, 0.2) is 0 Å². The van der Waals surface area contributed by atoms with Crippen molar-refractivity contribution in [1.82, 2.24) is 0 Å². The Bertz CT molecular complexity index is 264. The Balaban J connectivity index is -0.000000427. The van der Waals surface area contributed by atoms with E-state index in [4.69, 9.17) is 0 Å². The molecule has 0 aliphatic carbocycles. The third kappa shape index (κ3) is 28.0.